The topological polar surface area (TPSA) is 155 Å². The van der Waals surface area contributed by atoms with Gasteiger partial charge in [0.05, 0.1) is 78.3 Å². The summed E-state index contributed by atoms with van der Waals surface area (Å²) in [5.74, 6) is -2.18. The predicted octanol–water partition coefficient (Wildman–Crippen LogP) is -1.52. The Kier molecular flexibility index (Phi) is 10.2. The summed E-state index contributed by atoms with van der Waals surface area (Å²) in [6.45, 7) is 1.44. The van der Waals surface area contributed by atoms with Crippen molar-refractivity contribution >= 4 is 41.4 Å². The number of hydrogen-bond acceptors (Lipinski definition) is 9. The van der Waals surface area contributed by atoms with Crippen molar-refractivity contribution in [2.24, 2.45) is 0 Å². The van der Waals surface area contributed by atoms with Crippen LogP contribution in [0.5, 0.6) is 0 Å². The number of quaternary nitrogens is 2. The van der Waals surface area contributed by atoms with Crippen LogP contribution in [0.25, 0.3) is 0 Å². The predicted molar refractivity (Wildman–Crippen MR) is 122 cm³/mol. The van der Waals surface area contributed by atoms with Crippen LogP contribution in [-0.4, -0.2) is 100 Å². The quantitative estimate of drug-likeness (QED) is 0.213. The minimum atomic E-state index is -1.11. The maximum Gasteiger partial charge on any atom is 0.192 e. The summed E-state index contributed by atoms with van der Waals surface area (Å²) in [7, 11) is 10.8. The van der Waals surface area contributed by atoms with Gasteiger partial charge in [-0.1, -0.05) is 0 Å². The number of carboxylic acid groups (broad SMARTS) is 2. The molecule has 2 N–H and O–H groups in total. The molecule has 0 unspecified atom stereocenters. The van der Waals surface area contributed by atoms with E-state index in [-0.39, 0.29) is 16.0 Å². The van der Waals surface area contributed by atoms with Crippen LogP contribution < -0.4 is 10.2 Å². The van der Waals surface area contributed by atoms with E-state index < -0.39 is 24.0 Å². The van der Waals surface area contributed by atoms with Crippen LogP contribution in [0.3, 0.4) is 0 Å². The maximum absolute atomic E-state index is 11.2. The number of thioether (sulfide) groups is 1. The molecule has 0 aromatic carbocycles. The number of carbonyl (C=O) groups excluding carboxylic acids is 3. The van der Waals surface area contributed by atoms with Crippen LogP contribution in [0.2, 0.25) is 0 Å². The van der Waals surface area contributed by atoms with Gasteiger partial charge in [-0.15, -0.1) is 12.6 Å². The number of hydrogen-bond donors (Lipinski definition) is 3. The number of carboxylic acids is 2. The Morgan fingerprint density at radius 1 is 0.909 bits per heavy atom. The number of likely N-dealkylation sites (N-methyl/N-ethyl adjacent to an activating group) is 2. The summed E-state index contributed by atoms with van der Waals surface area (Å²) in [5, 5.41) is 23.2. The highest BCUT2D eigenvalue weighted by Crippen LogP contribution is 2.22. The Morgan fingerprint density at radius 3 is 1.70 bits per heavy atom. The van der Waals surface area contributed by atoms with E-state index in [9.17, 15) is 24.6 Å². The normalized spacial score (nSPS) is 13.6. The van der Waals surface area contributed by atoms with E-state index in [1.54, 1.807) is 21.1 Å². The second-order valence-electron chi connectivity index (χ2n) is 9.29. The van der Waals surface area contributed by atoms with Crippen molar-refractivity contribution in [3.8, 4) is 0 Å². The largest absolute Gasteiger partial charge is 0.544 e. The van der Waals surface area contributed by atoms with Gasteiger partial charge in [-0.25, -0.2) is 9.97 Å². The van der Waals surface area contributed by atoms with Gasteiger partial charge < -0.3 is 38.7 Å². The van der Waals surface area contributed by atoms with Crippen LogP contribution >= 0.6 is 24.4 Å². The number of nitrogens with zero attached hydrogens (tertiary/aromatic N) is 4. The first-order valence-electron chi connectivity index (χ1n) is 9.99. The highest BCUT2D eigenvalue weighted by Gasteiger charge is 2.28. The molecule has 0 saturated heterocycles. The third-order valence-corrected chi connectivity index (χ3v) is 6.04. The Balaban J connectivity index is 0.000000335. The lowest BCUT2D eigenvalue weighted by Crippen LogP contribution is -2.56. The average molecular weight is 501 g/mol. The van der Waals surface area contributed by atoms with Crippen molar-refractivity contribution in [3.05, 3.63) is 24.0 Å². The van der Waals surface area contributed by atoms with Gasteiger partial charge in [0.25, 0.3) is 0 Å². The first-order valence-corrected chi connectivity index (χ1v) is 11.3. The summed E-state index contributed by atoms with van der Waals surface area (Å²) < 4.78 is 0.542. The summed E-state index contributed by atoms with van der Waals surface area (Å²) in [6, 6.07) is -1.31. The molecule has 0 aliphatic heterocycles. The summed E-state index contributed by atoms with van der Waals surface area (Å²) >= 11 is 5.12. The minimum absolute atomic E-state index is 0.0846. The first kappa shape index (κ1) is 28.7. The fourth-order valence-corrected chi connectivity index (χ4v) is 3.73. The summed E-state index contributed by atoms with van der Waals surface area (Å²) in [5.41, 5.74) is 1.37. The third-order valence-electron chi connectivity index (χ3n) is 4.82. The molecule has 2 aromatic rings. The Morgan fingerprint density at radius 2 is 1.33 bits per heavy atom. The van der Waals surface area contributed by atoms with Crippen molar-refractivity contribution in [3.63, 3.8) is 0 Å². The van der Waals surface area contributed by atoms with E-state index in [0.717, 1.165) is 17.5 Å². The molecule has 2 atom stereocenters. The van der Waals surface area contributed by atoms with E-state index >= 15 is 0 Å². The van der Waals surface area contributed by atoms with Crippen LogP contribution in [0, 0.1) is 0 Å². The van der Waals surface area contributed by atoms with E-state index in [0.29, 0.717) is 26.6 Å². The fraction of sp³-hybridized carbons (Fsp3) is 0.550. The highest BCUT2D eigenvalue weighted by molar-refractivity contribution is 8.13. The maximum atomic E-state index is 11.2. The number of aromatic amines is 2. The van der Waals surface area contributed by atoms with E-state index in [1.807, 2.05) is 21.1 Å². The van der Waals surface area contributed by atoms with Crippen molar-refractivity contribution in [1.29, 1.82) is 0 Å². The molecule has 0 bridgehead atoms. The fourth-order valence-electron chi connectivity index (χ4n) is 2.88. The van der Waals surface area contributed by atoms with Gasteiger partial charge in [0.15, 0.2) is 5.12 Å². The molecule has 2 heterocycles. The van der Waals surface area contributed by atoms with Crippen molar-refractivity contribution in [2.45, 2.75) is 41.9 Å². The number of aromatic nitrogens is 4. The SMILES string of the molecule is CC(=O)Sc1nc[nH]c1C[C@@H](C(=O)[O-])[N+](C)(C)C.C[N+](C)(C)[C@@H](Cc1[nH]cnc1S)C(=O)[O-]. The molecule has 0 saturated carbocycles. The molecule has 184 valence electrons. The second-order valence-corrected chi connectivity index (χ2v) is 10.9. The Hall–Kier alpha value is -2.35. The lowest BCUT2D eigenvalue weighted by Gasteiger charge is -2.34. The zero-order chi connectivity index (χ0) is 25.6. The van der Waals surface area contributed by atoms with Gasteiger partial charge in [0, 0.05) is 19.8 Å². The van der Waals surface area contributed by atoms with Crippen LogP contribution in [0.4, 0.5) is 0 Å². The van der Waals surface area contributed by atoms with Crippen LogP contribution in [-0.2, 0) is 27.2 Å². The number of thiol groups is 1. The Labute approximate surface area is 203 Å². The summed E-state index contributed by atoms with van der Waals surface area (Å²) in [6.07, 6.45) is 3.55. The molecular weight excluding hydrogens is 468 g/mol. The molecule has 2 aromatic heterocycles. The van der Waals surface area contributed by atoms with Crippen molar-refractivity contribution < 1.29 is 33.6 Å². The van der Waals surface area contributed by atoms with E-state index in [2.05, 4.69) is 32.6 Å². The molecule has 0 radical (unpaired) electrons. The Bertz CT molecular complexity index is 961. The number of carbonyl (C=O) groups is 3. The molecule has 2 rings (SSSR count). The lowest BCUT2D eigenvalue weighted by atomic mass is 10.1. The van der Waals surface area contributed by atoms with Gasteiger partial charge in [-0.2, -0.15) is 0 Å². The second kappa shape index (κ2) is 11.7. The number of H-pyrrole nitrogens is 2. The number of nitrogens with one attached hydrogen (secondary N) is 2. The van der Waals surface area contributed by atoms with Gasteiger partial charge in [-0.05, 0) is 11.8 Å². The monoisotopic (exact) mass is 500 g/mol. The summed E-state index contributed by atoms with van der Waals surface area (Å²) in [4.78, 5) is 46.9. The molecule has 0 aliphatic carbocycles. The van der Waals surface area contributed by atoms with Crippen LogP contribution in [0.15, 0.2) is 22.7 Å². The van der Waals surface area contributed by atoms with Gasteiger partial charge in [-0.3, -0.25) is 4.79 Å². The number of rotatable bonds is 9. The van der Waals surface area contributed by atoms with Gasteiger partial charge in [0.2, 0.25) is 0 Å². The molecule has 0 fully saturated rings. The number of aliphatic carboxylic acids is 2. The van der Waals surface area contributed by atoms with Crippen LogP contribution in [0.1, 0.15) is 18.3 Å². The molecule has 0 aliphatic rings. The van der Waals surface area contributed by atoms with Gasteiger partial charge in [0.1, 0.15) is 22.1 Å². The molecular formula is C20H32N6O5S2. The smallest absolute Gasteiger partial charge is 0.192 e. The molecule has 0 spiro atoms. The minimum Gasteiger partial charge on any atom is -0.544 e. The molecule has 13 heteroatoms. The molecule has 0 amide bonds. The number of imidazole rings is 2. The standard InChI is InChI=1S/C11H17N3O3S.C9H15N3O2S/c1-7(15)18-10-8(12-6-13-10)5-9(11(16)17)14(2,3)4;1-12(2,3)7(9(13)14)4-6-8(15)11-5-10-6/h6,9H,5H2,1-4H3,(H-,12,13,16,17);5,7H,4H2,1-3H3,(H2-,10,11,13,14,15)/t9-;7-/m00/s1. The first-order chi connectivity index (χ1) is 15.0. The van der Waals surface area contributed by atoms with E-state index in [4.69, 9.17) is 0 Å². The highest BCUT2D eigenvalue weighted by atomic mass is 32.2. The van der Waals surface area contributed by atoms with E-state index in [1.165, 1.54) is 19.6 Å². The average Bonchev–Trinajstić information content (AvgIpc) is 3.23. The zero-order valence-corrected chi connectivity index (χ0v) is 21.6. The van der Waals surface area contributed by atoms with Crippen molar-refractivity contribution in [2.75, 3.05) is 42.3 Å². The van der Waals surface area contributed by atoms with Gasteiger partial charge >= 0.3 is 0 Å². The lowest BCUT2D eigenvalue weighted by molar-refractivity contribution is -0.889. The third kappa shape index (κ3) is 9.20. The zero-order valence-electron chi connectivity index (χ0n) is 19.9. The molecule has 33 heavy (non-hydrogen) atoms. The molecule has 11 nitrogen and oxygen atoms in total. The van der Waals surface area contributed by atoms with Crippen molar-refractivity contribution in [1.82, 2.24) is 19.9 Å².